The van der Waals surface area contributed by atoms with Gasteiger partial charge in [0, 0.05) is 26.2 Å². The van der Waals surface area contributed by atoms with Gasteiger partial charge in [-0.15, -0.1) is 0 Å². The van der Waals surface area contributed by atoms with Gasteiger partial charge in [-0.1, -0.05) is 24.3 Å². The van der Waals surface area contributed by atoms with Crippen LogP contribution in [0.15, 0.2) is 42.5 Å². The number of rotatable bonds is 5. The molecule has 0 atom stereocenters. The number of carbonyl (C=O) groups is 4. The topological polar surface area (TPSA) is 87.2 Å². The van der Waals surface area contributed by atoms with Gasteiger partial charge in [0.05, 0.1) is 11.1 Å². The largest absolute Gasteiger partial charge is 0.483 e. The highest BCUT2D eigenvalue weighted by molar-refractivity contribution is 6.22. The number of hydrogen-bond acceptors (Lipinski definition) is 5. The first-order valence-corrected chi connectivity index (χ1v) is 11.1. The SMILES string of the molecule is Cc1cccc(OCC(=O)N2CCCN(C(=O)CN3C(=O)c4ccccc4C3=O)CC2)c1C. The van der Waals surface area contributed by atoms with E-state index in [2.05, 4.69) is 0 Å². The monoisotopic (exact) mass is 449 g/mol. The third-order valence-electron chi connectivity index (χ3n) is 6.28. The van der Waals surface area contributed by atoms with E-state index in [0.717, 1.165) is 16.0 Å². The van der Waals surface area contributed by atoms with Crippen molar-refractivity contribution < 1.29 is 23.9 Å². The lowest BCUT2D eigenvalue weighted by molar-refractivity contribution is -0.134. The molecule has 2 heterocycles. The molecule has 2 aromatic rings. The Labute approximate surface area is 192 Å². The molecule has 0 saturated carbocycles. The van der Waals surface area contributed by atoms with Crippen molar-refractivity contribution in [2.24, 2.45) is 0 Å². The number of ether oxygens (including phenoxy) is 1. The van der Waals surface area contributed by atoms with Gasteiger partial charge >= 0.3 is 0 Å². The molecule has 2 aromatic carbocycles. The first-order chi connectivity index (χ1) is 15.9. The van der Waals surface area contributed by atoms with Crippen LogP contribution in [0.5, 0.6) is 5.75 Å². The van der Waals surface area contributed by atoms with Crippen LogP contribution >= 0.6 is 0 Å². The summed E-state index contributed by atoms with van der Waals surface area (Å²) < 4.78 is 5.74. The van der Waals surface area contributed by atoms with Crippen molar-refractivity contribution in [1.82, 2.24) is 14.7 Å². The maximum absolute atomic E-state index is 12.9. The smallest absolute Gasteiger partial charge is 0.262 e. The zero-order chi connectivity index (χ0) is 23.5. The molecular formula is C25H27N3O5. The lowest BCUT2D eigenvalue weighted by Crippen LogP contribution is -2.44. The maximum Gasteiger partial charge on any atom is 0.262 e. The number of fused-ring (bicyclic) bond motifs is 1. The molecule has 8 heteroatoms. The summed E-state index contributed by atoms with van der Waals surface area (Å²) in [5.74, 6) is -0.634. The van der Waals surface area contributed by atoms with Crippen molar-refractivity contribution >= 4 is 23.6 Å². The zero-order valence-corrected chi connectivity index (χ0v) is 18.9. The van der Waals surface area contributed by atoms with Crippen LogP contribution < -0.4 is 4.74 Å². The summed E-state index contributed by atoms with van der Waals surface area (Å²) in [7, 11) is 0. The summed E-state index contributed by atoms with van der Waals surface area (Å²) >= 11 is 0. The number of hydrogen-bond donors (Lipinski definition) is 0. The molecule has 8 nitrogen and oxygen atoms in total. The predicted molar refractivity (Wildman–Crippen MR) is 121 cm³/mol. The van der Waals surface area contributed by atoms with Crippen LogP contribution in [0.4, 0.5) is 0 Å². The van der Waals surface area contributed by atoms with E-state index >= 15 is 0 Å². The van der Waals surface area contributed by atoms with Crippen LogP contribution in [-0.4, -0.2) is 77.7 Å². The Bertz CT molecular complexity index is 1080. The van der Waals surface area contributed by atoms with Crippen LogP contribution in [0, 0.1) is 13.8 Å². The fraction of sp³-hybridized carbons (Fsp3) is 0.360. The minimum absolute atomic E-state index is 0.0622. The average molecular weight is 450 g/mol. The molecule has 0 unspecified atom stereocenters. The Balaban J connectivity index is 1.31. The van der Waals surface area contributed by atoms with Gasteiger partial charge in [-0.3, -0.25) is 24.1 Å². The molecule has 0 radical (unpaired) electrons. The minimum atomic E-state index is -0.445. The van der Waals surface area contributed by atoms with Gasteiger partial charge in [0.2, 0.25) is 5.91 Å². The molecule has 172 valence electrons. The minimum Gasteiger partial charge on any atom is -0.483 e. The zero-order valence-electron chi connectivity index (χ0n) is 18.9. The summed E-state index contributed by atoms with van der Waals surface area (Å²) in [5, 5.41) is 0. The third kappa shape index (κ3) is 4.60. The molecule has 0 aliphatic carbocycles. The molecule has 4 amide bonds. The molecule has 0 spiro atoms. The number of amides is 4. The quantitative estimate of drug-likeness (QED) is 0.652. The van der Waals surface area contributed by atoms with Crippen molar-refractivity contribution in [3.63, 3.8) is 0 Å². The Morgan fingerprint density at radius 1 is 0.818 bits per heavy atom. The second-order valence-electron chi connectivity index (χ2n) is 8.34. The summed E-state index contributed by atoms with van der Waals surface area (Å²) in [4.78, 5) is 54.9. The summed E-state index contributed by atoms with van der Waals surface area (Å²) in [6.45, 7) is 5.30. The molecule has 0 N–H and O–H groups in total. The lowest BCUT2D eigenvalue weighted by atomic mass is 10.1. The van der Waals surface area contributed by atoms with Crippen LogP contribution in [0.25, 0.3) is 0 Å². The molecule has 0 bridgehead atoms. The van der Waals surface area contributed by atoms with E-state index in [0.29, 0.717) is 49.5 Å². The standard InChI is InChI=1S/C25H27N3O5/c1-17-7-5-10-21(18(17)2)33-16-23(30)27-12-6-11-26(13-14-27)22(29)15-28-24(31)19-8-3-4-9-20(19)25(28)32/h3-5,7-10H,6,11-16H2,1-2H3. The highest BCUT2D eigenvalue weighted by atomic mass is 16.5. The Morgan fingerprint density at radius 3 is 2.06 bits per heavy atom. The van der Waals surface area contributed by atoms with Crippen LogP contribution in [0.2, 0.25) is 0 Å². The van der Waals surface area contributed by atoms with Crippen molar-refractivity contribution in [2.45, 2.75) is 20.3 Å². The van der Waals surface area contributed by atoms with Gasteiger partial charge in [0.15, 0.2) is 6.61 Å². The normalized spacial score (nSPS) is 16.0. The van der Waals surface area contributed by atoms with Crippen molar-refractivity contribution in [3.05, 3.63) is 64.7 Å². The second kappa shape index (κ2) is 9.44. The van der Waals surface area contributed by atoms with Gasteiger partial charge < -0.3 is 14.5 Å². The number of aryl methyl sites for hydroxylation is 1. The molecule has 0 aromatic heterocycles. The third-order valence-corrected chi connectivity index (χ3v) is 6.28. The number of carbonyl (C=O) groups excluding carboxylic acids is 4. The molecular weight excluding hydrogens is 422 g/mol. The highest BCUT2D eigenvalue weighted by Crippen LogP contribution is 2.23. The predicted octanol–water partition coefficient (Wildman–Crippen LogP) is 2.04. The first kappa shape index (κ1) is 22.5. The van der Waals surface area contributed by atoms with Crippen LogP contribution in [0.1, 0.15) is 38.3 Å². The van der Waals surface area contributed by atoms with E-state index in [4.69, 9.17) is 4.74 Å². The molecule has 2 aliphatic heterocycles. The number of nitrogens with zero attached hydrogens (tertiary/aromatic N) is 3. The molecule has 33 heavy (non-hydrogen) atoms. The van der Waals surface area contributed by atoms with E-state index in [1.54, 1.807) is 34.1 Å². The Morgan fingerprint density at radius 2 is 1.42 bits per heavy atom. The van der Waals surface area contributed by atoms with Crippen molar-refractivity contribution in [2.75, 3.05) is 39.3 Å². The fourth-order valence-corrected chi connectivity index (χ4v) is 4.15. The van der Waals surface area contributed by atoms with Gasteiger partial charge in [-0.05, 0) is 49.6 Å². The Kier molecular flexibility index (Phi) is 6.44. The maximum atomic E-state index is 12.9. The highest BCUT2D eigenvalue weighted by Gasteiger charge is 2.37. The molecule has 1 fully saturated rings. The van der Waals surface area contributed by atoms with Crippen LogP contribution in [0.3, 0.4) is 0 Å². The lowest BCUT2D eigenvalue weighted by Gasteiger charge is -2.24. The van der Waals surface area contributed by atoms with Gasteiger partial charge in [-0.25, -0.2) is 0 Å². The number of imide groups is 1. The van der Waals surface area contributed by atoms with Gasteiger partial charge in [-0.2, -0.15) is 0 Å². The van der Waals surface area contributed by atoms with E-state index in [1.807, 2.05) is 32.0 Å². The summed E-state index contributed by atoms with van der Waals surface area (Å²) in [5.41, 5.74) is 2.76. The second-order valence-corrected chi connectivity index (χ2v) is 8.34. The summed E-state index contributed by atoms with van der Waals surface area (Å²) in [6, 6.07) is 12.3. The van der Waals surface area contributed by atoms with Crippen molar-refractivity contribution in [1.29, 1.82) is 0 Å². The van der Waals surface area contributed by atoms with Crippen LogP contribution in [-0.2, 0) is 9.59 Å². The van der Waals surface area contributed by atoms with Crippen molar-refractivity contribution in [3.8, 4) is 5.75 Å². The average Bonchev–Trinajstić information content (AvgIpc) is 2.98. The first-order valence-electron chi connectivity index (χ1n) is 11.1. The Hall–Kier alpha value is -3.68. The molecule has 4 rings (SSSR count). The summed E-state index contributed by atoms with van der Waals surface area (Å²) in [6.07, 6.45) is 0.614. The van der Waals surface area contributed by atoms with E-state index < -0.39 is 11.8 Å². The van der Waals surface area contributed by atoms with E-state index in [9.17, 15) is 19.2 Å². The molecule has 2 aliphatic rings. The van der Waals surface area contributed by atoms with Gasteiger partial charge in [0.1, 0.15) is 12.3 Å². The van der Waals surface area contributed by atoms with Gasteiger partial charge in [0.25, 0.3) is 17.7 Å². The fourth-order valence-electron chi connectivity index (χ4n) is 4.15. The molecule has 1 saturated heterocycles. The number of benzene rings is 2. The van der Waals surface area contributed by atoms with E-state index in [1.165, 1.54) is 0 Å². The van der Waals surface area contributed by atoms with E-state index in [-0.39, 0.29) is 25.0 Å².